The summed E-state index contributed by atoms with van der Waals surface area (Å²) in [6.45, 7) is 5.57. The van der Waals surface area contributed by atoms with E-state index in [0.29, 0.717) is 5.92 Å². The van der Waals surface area contributed by atoms with E-state index in [-0.39, 0.29) is 0 Å². The summed E-state index contributed by atoms with van der Waals surface area (Å²) in [5.74, 6) is 1.95. The van der Waals surface area contributed by atoms with Crippen molar-refractivity contribution in [1.29, 1.82) is 0 Å². The summed E-state index contributed by atoms with van der Waals surface area (Å²) in [6.07, 6.45) is 3.42. The standard InChI is InChI=1S/C15H21BrN2/c1-3-10-18-14-7-5-4-6-13(14)17-15(18)9-8-12(2)11-16/h4-7,12H,3,8-11H2,1-2H3. The Morgan fingerprint density at radius 1 is 1.33 bits per heavy atom. The normalized spacial score (nSPS) is 13.1. The molecule has 2 aromatic rings. The Bertz CT molecular complexity index is 504. The van der Waals surface area contributed by atoms with E-state index in [2.05, 4.69) is 58.6 Å². The quantitative estimate of drug-likeness (QED) is 0.723. The maximum atomic E-state index is 4.79. The zero-order valence-electron chi connectivity index (χ0n) is 11.2. The summed E-state index contributed by atoms with van der Waals surface area (Å²) in [7, 11) is 0. The number of nitrogens with zero attached hydrogens (tertiary/aromatic N) is 2. The molecule has 0 saturated carbocycles. The van der Waals surface area contributed by atoms with Crippen LogP contribution in [-0.4, -0.2) is 14.9 Å². The van der Waals surface area contributed by atoms with Gasteiger partial charge in [-0.25, -0.2) is 4.98 Å². The van der Waals surface area contributed by atoms with Crippen molar-refractivity contribution >= 4 is 27.0 Å². The molecule has 0 aliphatic carbocycles. The minimum Gasteiger partial charge on any atom is -0.328 e. The van der Waals surface area contributed by atoms with Gasteiger partial charge in [-0.05, 0) is 30.9 Å². The second-order valence-electron chi connectivity index (χ2n) is 4.97. The highest BCUT2D eigenvalue weighted by Gasteiger charge is 2.10. The topological polar surface area (TPSA) is 17.8 Å². The minimum absolute atomic E-state index is 0.708. The maximum absolute atomic E-state index is 4.79. The van der Waals surface area contributed by atoms with E-state index < -0.39 is 0 Å². The third-order valence-corrected chi connectivity index (χ3v) is 4.41. The van der Waals surface area contributed by atoms with Crippen LogP contribution in [0.2, 0.25) is 0 Å². The molecule has 1 aromatic heterocycles. The summed E-state index contributed by atoms with van der Waals surface area (Å²) in [5, 5.41) is 1.07. The van der Waals surface area contributed by atoms with Crippen molar-refractivity contribution in [2.75, 3.05) is 5.33 Å². The molecule has 0 fully saturated rings. The molecule has 3 heteroatoms. The minimum atomic E-state index is 0.708. The van der Waals surface area contributed by atoms with Crippen LogP contribution in [0.1, 0.15) is 32.5 Å². The van der Waals surface area contributed by atoms with Gasteiger partial charge in [0.05, 0.1) is 11.0 Å². The zero-order chi connectivity index (χ0) is 13.0. The molecule has 0 radical (unpaired) electrons. The molecule has 1 aromatic carbocycles. The fraction of sp³-hybridized carbons (Fsp3) is 0.533. The van der Waals surface area contributed by atoms with Crippen LogP contribution >= 0.6 is 15.9 Å². The number of alkyl halides is 1. The van der Waals surface area contributed by atoms with Crippen LogP contribution in [0.3, 0.4) is 0 Å². The van der Waals surface area contributed by atoms with Gasteiger partial charge in [0.2, 0.25) is 0 Å². The number of aryl methyl sites for hydroxylation is 2. The number of hydrogen-bond acceptors (Lipinski definition) is 1. The van der Waals surface area contributed by atoms with E-state index in [1.165, 1.54) is 17.8 Å². The number of hydrogen-bond donors (Lipinski definition) is 0. The van der Waals surface area contributed by atoms with Gasteiger partial charge in [0.25, 0.3) is 0 Å². The molecule has 0 N–H and O–H groups in total. The molecule has 0 amide bonds. The Morgan fingerprint density at radius 3 is 2.83 bits per heavy atom. The van der Waals surface area contributed by atoms with Crippen LogP contribution in [0.4, 0.5) is 0 Å². The highest BCUT2D eigenvalue weighted by atomic mass is 79.9. The van der Waals surface area contributed by atoms with Crippen molar-refractivity contribution in [3.63, 3.8) is 0 Å². The number of rotatable bonds is 6. The van der Waals surface area contributed by atoms with E-state index in [4.69, 9.17) is 4.98 Å². The zero-order valence-corrected chi connectivity index (χ0v) is 12.8. The molecular weight excluding hydrogens is 288 g/mol. The Hall–Kier alpha value is -0.830. The number of para-hydroxylation sites is 2. The predicted octanol–water partition coefficient (Wildman–Crippen LogP) is 4.41. The van der Waals surface area contributed by atoms with E-state index >= 15 is 0 Å². The monoisotopic (exact) mass is 308 g/mol. The lowest BCUT2D eigenvalue weighted by Crippen LogP contribution is -2.06. The van der Waals surface area contributed by atoms with Crippen molar-refractivity contribution in [3.05, 3.63) is 30.1 Å². The lowest BCUT2D eigenvalue weighted by molar-refractivity contribution is 0.562. The Balaban J connectivity index is 2.27. The van der Waals surface area contributed by atoms with Gasteiger partial charge in [0.15, 0.2) is 0 Å². The fourth-order valence-electron chi connectivity index (χ4n) is 2.24. The third-order valence-electron chi connectivity index (χ3n) is 3.30. The summed E-state index contributed by atoms with van der Waals surface area (Å²) in [4.78, 5) is 4.79. The highest BCUT2D eigenvalue weighted by molar-refractivity contribution is 9.09. The molecule has 0 saturated heterocycles. The van der Waals surface area contributed by atoms with Gasteiger partial charge in [0, 0.05) is 18.3 Å². The first-order valence-corrected chi connectivity index (χ1v) is 7.88. The molecule has 0 aliphatic heterocycles. The fourth-order valence-corrected chi connectivity index (χ4v) is 2.57. The first kappa shape index (κ1) is 13.6. The van der Waals surface area contributed by atoms with Crippen LogP contribution in [0.15, 0.2) is 24.3 Å². The molecule has 1 atom stereocenters. The van der Waals surface area contributed by atoms with E-state index in [1.54, 1.807) is 0 Å². The molecule has 1 heterocycles. The number of aromatic nitrogens is 2. The van der Waals surface area contributed by atoms with Crippen molar-refractivity contribution in [1.82, 2.24) is 9.55 Å². The van der Waals surface area contributed by atoms with Gasteiger partial charge in [-0.3, -0.25) is 0 Å². The van der Waals surface area contributed by atoms with E-state index in [1.807, 2.05) is 0 Å². The van der Waals surface area contributed by atoms with Crippen LogP contribution in [0.5, 0.6) is 0 Å². The summed E-state index contributed by atoms with van der Waals surface area (Å²) >= 11 is 3.55. The van der Waals surface area contributed by atoms with Gasteiger partial charge in [-0.1, -0.05) is 41.9 Å². The molecule has 1 unspecified atom stereocenters. The van der Waals surface area contributed by atoms with Gasteiger partial charge < -0.3 is 4.57 Å². The average molecular weight is 309 g/mol. The van der Waals surface area contributed by atoms with Gasteiger partial charge >= 0.3 is 0 Å². The predicted molar refractivity (Wildman–Crippen MR) is 81.3 cm³/mol. The molecule has 2 rings (SSSR count). The van der Waals surface area contributed by atoms with Crippen molar-refractivity contribution in [2.24, 2.45) is 5.92 Å². The van der Waals surface area contributed by atoms with Crippen LogP contribution in [0.25, 0.3) is 11.0 Å². The molecule has 98 valence electrons. The maximum Gasteiger partial charge on any atom is 0.109 e. The first-order valence-electron chi connectivity index (χ1n) is 6.76. The van der Waals surface area contributed by atoms with Gasteiger partial charge in [-0.15, -0.1) is 0 Å². The highest BCUT2D eigenvalue weighted by Crippen LogP contribution is 2.19. The lowest BCUT2D eigenvalue weighted by atomic mass is 10.1. The molecule has 0 aliphatic rings. The van der Waals surface area contributed by atoms with Gasteiger partial charge in [-0.2, -0.15) is 0 Å². The van der Waals surface area contributed by atoms with Gasteiger partial charge in [0.1, 0.15) is 5.82 Å². The molecule has 0 spiro atoms. The van der Waals surface area contributed by atoms with E-state index in [0.717, 1.165) is 30.2 Å². The molecular formula is C15H21BrN2. The van der Waals surface area contributed by atoms with Crippen molar-refractivity contribution in [3.8, 4) is 0 Å². The molecule has 2 nitrogen and oxygen atoms in total. The molecule has 0 bridgehead atoms. The number of imidazole rings is 1. The Kier molecular flexibility index (Phi) is 4.81. The van der Waals surface area contributed by atoms with Crippen LogP contribution < -0.4 is 0 Å². The third kappa shape index (κ3) is 2.94. The summed E-state index contributed by atoms with van der Waals surface area (Å²) in [6, 6.07) is 8.45. The largest absolute Gasteiger partial charge is 0.328 e. The second-order valence-corrected chi connectivity index (χ2v) is 5.61. The summed E-state index contributed by atoms with van der Waals surface area (Å²) in [5.41, 5.74) is 2.41. The molecule has 18 heavy (non-hydrogen) atoms. The Morgan fingerprint density at radius 2 is 2.11 bits per heavy atom. The van der Waals surface area contributed by atoms with E-state index in [9.17, 15) is 0 Å². The smallest absolute Gasteiger partial charge is 0.109 e. The summed E-state index contributed by atoms with van der Waals surface area (Å²) < 4.78 is 2.39. The van der Waals surface area contributed by atoms with Crippen LogP contribution in [0, 0.1) is 5.92 Å². The second kappa shape index (κ2) is 6.37. The lowest BCUT2D eigenvalue weighted by Gasteiger charge is -2.10. The first-order chi connectivity index (χ1) is 8.76. The van der Waals surface area contributed by atoms with Crippen molar-refractivity contribution in [2.45, 2.75) is 39.7 Å². The number of fused-ring (bicyclic) bond motifs is 1. The average Bonchev–Trinajstić information content (AvgIpc) is 2.75. The van der Waals surface area contributed by atoms with Crippen LogP contribution in [-0.2, 0) is 13.0 Å². The number of halogens is 1. The SMILES string of the molecule is CCCn1c(CCC(C)CBr)nc2ccccc21. The number of benzene rings is 1. The van der Waals surface area contributed by atoms with Crippen molar-refractivity contribution < 1.29 is 0 Å². The Labute approximate surface area is 118 Å².